The van der Waals surface area contributed by atoms with Crippen LogP contribution in [0.25, 0.3) is 21.5 Å². The first-order valence-corrected chi connectivity index (χ1v) is 18.3. The van der Waals surface area contributed by atoms with E-state index in [-0.39, 0.29) is 26.2 Å². The van der Waals surface area contributed by atoms with Crippen molar-refractivity contribution in [3.05, 3.63) is 76.7 Å². The fraction of sp³-hybridized carbons (Fsp3) is 0.500. The van der Waals surface area contributed by atoms with E-state index in [2.05, 4.69) is 140 Å². The quantitative estimate of drug-likeness (QED) is 0.147. The summed E-state index contributed by atoms with van der Waals surface area (Å²) < 4.78 is 0. The molecule has 0 amide bonds. The molecule has 0 aliphatic heterocycles. The van der Waals surface area contributed by atoms with Gasteiger partial charge in [0.2, 0.25) is 0 Å². The zero-order valence-electron chi connectivity index (χ0n) is 28.1. The molecular formula is C38H55SiZr. The molecule has 4 rings (SSSR count). The van der Waals surface area contributed by atoms with E-state index >= 15 is 0 Å². The molecule has 0 bridgehead atoms. The van der Waals surface area contributed by atoms with E-state index in [1.807, 2.05) is 0 Å². The summed E-state index contributed by atoms with van der Waals surface area (Å²) in [5.41, 5.74) is 8.98. The van der Waals surface area contributed by atoms with E-state index in [9.17, 15) is 0 Å². The first-order valence-electron chi connectivity index (χ1n) is 15.3. The zero-order valence-corrected chi connectivity index (χ0v) is 31.5. The Morgan fingerprint density at radius 1 is 0.575 bits per heavy atom. The molecule has 0 heterocycles. The Balaban J connectivity index is 0.00000105. The number of benzene rings is 2. The van der Waals surface area contributed by atoms with Crippen LogP contribution in [-0.4, -0.2) is 8.07 Å². The van der Waals surface area contributed by atoms with Gasteiger partial charge in [0, 0.05) is 8.07 Å². The van der Waals surface area contributed by atoms with Crippen LogP contribution >= 0.6 is 0 Å². The van der Waals surface area contributed by atoms with Crippen molar-refractivity contribution >= 4 is 40.0 Å². The molecule has 0 aliphatic carbocycles. The van der Waals surface area contributed by atoms with E-state index in [1.54, 1.807) is 21.1 Å². The Bertz CT molecular complexity index is 1330. The second-order valence-electron chi connectivity index (χ2n) is 14.2. The fourth-order valence-electron chi connectivity index (χ4n) is 6.55. The summed E-state index contributed by atoms with van der Waals surface area (Å²) in [5, 5.41) is 9.32. The van der Waals surface area contributed by atoms with Gasteiger partial charge < -0.3 is 6.92 Å². The number of fused-ring (bicyclic) bond motifs is 2. The minimum absolute atomic E-state index is 0. The van der Waals surface area contributed by atoms with Crippen LogP contribution in [0.1, 0.15) is 126 Å². The molecule has 0 spiro atoms. The molecule has 1 radical (unpaired) electrons. The molecule has 0 saturated carbocycles. The van der Waals surface area contributed by atoms with Crippen LogP contribution in [0.5, 0.6) is 0 Å². The van der Waals surface area contributed by atoms with Crippen molar-refractivity contribution in [3.63, 3.8) is 0 Å². The van der Waals surface area contributed by atoms with Gasteiger partial charge in [-0.1, -0.05) is 131 Å². The third-order valence-electron chi connectivity index (χ3n) is 8.30. The van der Waals surface area contributed by atoms with Crippen LogP contribution in [0.15, 0.2) is 36.4 Å². The molecule has 40 heavy (non-hydrogen) atoms. The van der Waals surface area contributed by atoms with Crippen molar-refractivity contribution in [3.8, 4) is 0 Å². The zero-order chi connectivity index (χ0) is 29.6. The SMILES string of the molecule is Cc1[cH-]c2cc(C(C)C)cc(C(C)C)c2c1[Si](C)(C)c1c(C)[cH-]c2cc(C(C)C)cc(C(C)C)c12.[CH2-]C(C)C.[Zr+3]. The third-order valence-corrected chi connectivity index (χ3v) is 12.1. The molecule has 0 fully saturated rings. The average molecular weight is 631 g/mol. The summed E-state index contributed by atoms with van der Waals surface area (Å²) in [4.78, 5) is 0. The Morgan fingerprint density at radius 3 is 1.12 bits per heavy atom. The van der Waals surface area contributed by atoms with E-state index < -0.39 is 8.07 Å². The number of hydrogen-bond donors (Lipinski definition) is 0. The van der Waals surface area contributed by atoms with Crippen LogP contribution in [0.4, 0.5) is 0 Å². The third kappa shape index (κ3) is 6.86. The monoisotopic (exact) mass is 629 g/mol. The Morgan fingerprint density at radius 2 is 0.875 bits per heavy atom. The Kier molecular flexibility index (Phi) is 11.7. The molecule has 0 aliphatic rings. The largest absolute Gasteiger partial charge is 3.00 e. The number of aryl methyl sites for hydroxylation is 2. The standard InChI is InChI=1S/C34H46Si.C4H9.Zr/c1-19(2)25-15-27-13-23(9)33(31(27)29(17-25)21(5)6)35(11,12)34-24(10)14-28-16-26(20(3)4)18-30(22(7)8)32(28)34;1-4(2)3;/h13-22H,1-12H3;4H,1H2,2-3H3;/q-2;-1;+3. The maximum atomic E-state index is 3.64. The summed E-state index contributed by atoms with van der Waals surface area (Å²) in [5.74, 6) is 2.70. The first kappa shape index (κ1) is 35.0. The Hall–Kier alpha value is -1.24. The van der Waals surface area contributed by atoms with Crippen LogP contribution in [0.3, 0.4) is 0 Å². The van der Waals surface area contributed by atoms with E-state index in [4.69, 9.17) is 0 Å². The molecule has 0 aromatic heterocycles. The second kappa shape index (κ2) is 13.4. The molecule has 2 heteroatoms. The molecule has 0 saturated heterocycles. The van der Waals surface area contributed by atoms with Crippen molar-refractivity contribution in [1.29, 1.82) is 0 Å². The molecule has 0 N–H and O–H groups in total. The predicted molar refractivity (Wildman–Crippen MR) is 182 cm³/mol. The van der Waals surface area contributed by atoms with Gasteiger partial charge in [0.1, 0.15) is 0 Å². The summed E-state index contributed by atoms with van der Waals surface area (Å²) in [6.07, 6.45) is 0. The predicted octanol–water partition coefficient (Wildman–Crippen LogP) is 10.8. The van der Waals surface area contributed by atoms with E-state index in [1.165, 1.54) is 44.2 Å². The summed E-state index contributed by atoms with van der Waals surface area (Å²) in [6, 6.07) is 14.9. The first-order chi connectivity index (χ1) is 18.0. The van der Waals surface area contributed by atoms with Crippen LogP contribution in [-0.2, 0) is 26.2 Å². The van der Waals surface area contributed by atoms with Gasteiger partial charge >= 0.3 is 26.2 Å². The second-order valence-corrected chi connectivity index (χ2v) is 18.4. The maximum absolute atomic E-state index is 3.64. The van der Waals surface area contributed by atoms with Crippen molar-refractivity contribution in [1.82, 2.24) is 0 Å². The molecule has 0 nitrogen and oxygen atoms in total. The smallest absolute Gasteiger partial charge is 0.341 e. The van der Waals surface area contributed by atoms with Gasteiger partial charge in [0.15, 0.2) is 0 Å². The summed E-state index contributed by atoms with van der Waals surface area (Å²) in [7, 11) is -2.01. The van der Waals surface area contributed by atoms with Crippen LogP contribution < -0.4 is 10.4 Å². The fourth-order valence-corrected chi connectivity index (χ4v) is 10.7. The molecule has 4 aromatic rings. The van der Waals surface area contributed by atoms with Gasteiger partial charge in [-0.15, -0.1) is 56.9 Å². The number of hydrogen-bond acceptors (Lipinski definition) is 0. The van der Waals surface area contributed by atoms with Crippen LogP contribution in [0.2, 0.25) is 13.1 Å². The van der Waals surface area contributed by atoms with Crippen LogP contribution in [0, 0.1) is 26.7 Å². The molecule has 4 aromatic carbocycles. The minimum Gasteiger partial charge on any atom is -0.341 e. The molecule has 0 atom stereocenters. The molecule has 215 valence electrons. The van der Waals surface area contributed by atoms with Crippen molar-refractivity contribution in [2.24, 2.45) is 5.92 Å². The molecule has 0 unspecified atom stereocenters. The normalized spacial score (nSPS) is 12.3. The van der Waals surface area contributed by atoms with Crippen molar-refractivity contribution in [2.45, 2.75) is 120 Å². The maximum Gasteiger partial charge on any atom is 3.00 e. The van der Waals surface area contributed by atoms with Crippen molar-refractivity contribution in [2.75, 3.05) is 0 Å². The summed E-state index contributed by atoms with van der Waals surface area (Å²) >= 11 is 0. The summed E-state index contributed by atoms with van der Waals surface area (Å²) in [6.45, 7) is 36.4. The van der Waals surface area contributed by atoms with Gasteiger partial charge in [0.05, 0.1) is 0 Å². The molecular weight excluding hydrogens is 576 g/mol. The Labute approximate surface area is 267 Å². The number of rotatable bonds is 6. The van der Waals surface area contributed by atoms with Crippen molar-refractivity contribution < 1.29 is 26.2 Å². The average Bonchev–Trinajstić information content (AvgIpc) is 3.32. The van der Waals surface area contributed by atoms with Gasteiger partial charge in [0.25, 0.3) is 0 Å². The van der Waals surface area contributed by atoms with Gasteiger partial charge in [-0.2, -0.15) is 16.3 Å². The van der Waals surface area contributed by atoms with Gasteiger partial charge in [-0.25, -0.2) is 0 Å². The van der Waals surface area contributed by atoms with E-state index in [0.29, 0.717) is 29.6 Å². The van der Waals surface area contributed by atoms with Gasteiger partial charge in [-0.3, -0.25) is 0 Å². The minimum atomic E-state index is -2.01. The van der Waals surface area contributed by atoms with Gasteiger partial charge in [-0.05, 0) is 23.7 Å². The topological polar surface area (TPSA) is 0 Å². The van der Waals surface area contributed by atoms with E-state index in [0.717, 1.165) is 0 Å².